The lowest BCUT2D eigenvalue weighted by Gasteiger charge is -2.15. The van der Waals surface area contributed by atoms with Gasteiger partial charge in [0.2, 0.25) is 0 Å². The smallest absolute Gasteiger partial charge is 0.111 e. The number of para-hydroxylation sites is 2. The van der Waals surface area contributed by atoms with E-state index >= 15 is 0 Å². The summed E-state index contributed by atoms with van der Waals surface area (Å²) in [6.07, 6.45) is 0.661. The average molecular weight is 300 g/mol. The number of aromatic nitrogens is 2. The molecule has 1 heterocycles. The Morgan fingerprint density at radius 3 is 2.71 bits per heavy atom. The van der Waals surface area contributed by atoms with Crippen molar-refractivity contribution in [2.45, 2.75) is 19.4 Å². The fourth-order valence-corrected chi connectivity index (χ4v) is 2.91. The van der Waals surface area contributed by atoms with Crippen LogP contribution in [-0.4, -0.2) is 9.55 Å². The summed E-state index contributed by atoms with van der Waals surface area (Å²) in [6.45, 7) is 1.99. The Balaban J connectivity index is 1.94. The molecule has 0 aliphatic carbocycles. The molecule has 0 saturated carbocycles. The summed E-state index contributed by atoms with van der Waals surface area (Å²) in [6, 6.07) is 13.9. The van der Waals surface area contributed by atoms with Crippen LogP contribution in [0.1, 0.15) is 23.0 Å². The Labute approximate surface area is 129 Å². The first kappa shape index (κ1) is 14.1. The fourth-order valence-electron chi connectivity index (χ4n) is 2.64. The Kier molecular flexibility index (Phi) is 3.70. The van der Waals surface area contributed by atoms with Crippen molar-refractivity contribution in [3.63, 3.8) is 0 Å². The van der Waals surface area contributed by atoms with Gasteiger partial charge < -0.3 is 10.3 Å². The number of halogens is 1. The molecule has 1 aromatic heterocycles. The first-order valence-corrected chi connectivity index (χ1v) is 7.36. The Bertz CT molecular complexity index is 792. The summed E-state index contributed by atoms with van der Waals surface area (Å²) in [5.74, 6) is 0.973. The number of imidazole rings is 1. The number of nitrogens with two attached hydrogens (primary N) is 1. The van der Waals surface area contributed by atoms with E-state index in [-0.39, 0.29) is 6.04 Å². The number of rotatable bonds is 3. The van der Waals surface area contributed by atoms with E-state index in [0.29, 0.717) is 6.42 Å². The molecule has 0 saturated heterocycles. The Morgan fingerprint density at radius 2 is 1.95 bits per heavy atom. The number of benzene rings is 2. The molecule has 2 N–H and O–H groups in total. The van der Waals surface area contributed by atoms with E-state index in [1.54, 1.807) is 0 Å². The second kappa shape index (κ2) is 5.51. The quantitative estimate of drug-likeness (QED) is 0.800. The van der Waals surface area contributed by atoms with Gasteiger partial charge in [-0.05, 0) is 30.2 Å². The van der Waals surface area contributed by atoms with Gasteiger partial charge >= 0.3 is 0 Å². The third kappa shape index (κ3) is 2.55. The molecule has 0 spiro atoms. The summed E-state index contributed by atoms with van der Waals surface area (Å²) in [5.41, 5.74) is 10.5. The zero-order valence-corrected chi connectivity index (χ0v) is 12.9. The summed E-state index contributed by atoms with van der Waals surface area (Å²) >= 11 is 6.37. The van der Waals surface area contributed by atoms with E-state index < -0.39 is 0 Å². The number of aryl methyl sites for hydroxylation is 2. The normalized spacial score (nSPS) is 12.8. The first-order chi connectivity index (χ1) is 10.1. The van der Waals surface area contributed by atoms with Gasteiger partial charge in [0, 0.05) is 24.5 Å². The van der Waals surface area contributed by atoms with E-state index in [9.17, 15) is 0 Å². The van der Waals surface area contributed by atoms with Crippen LogP contribution < -0.4 is 5.73 Å². The van der Waals surface area contributed by atoms with Gasteiger partial charge in [-0.3, -0.25) is 0 Å². The summed E-state index contributed by atoms with van der Waals surface area (Å²) in [7, 11) is 2.02. The molecule has 0 aliphatic rings. The number of fused-ring (bicyclic) bond motifs is 1. The number of nitrogens with zero attached hydrogens (tertiary/aromatic N) is 2. The van der Waals surface area contributed by atoms with Crippen LogP contribution >= 0.6 is 11.6 Å². The highest BCUT2D eigenvalue weighted by Gasteiger charge is 2.16. The SMILES string of the molecule is Cc1cccc(C(N)Cc2nc3ccccc3n2C)c1Cl. The molecule has 0 amide bonds. The van der Waals surface area contributed by atoms with Crippen LogP contribution in [0, 0.1) is 6.92 Å². The van der Waals surface area contributed by atoms with Gasteiger partial charge in [-0.1, -0.05) is 41.9 Å². The van der Waals surface area contributed by atoms with E-state index in [1.807, 2.05) is 50.4 Å². The van der Waals surface area contributed by atoms with Crippen molar-refractivity contribution < 1.29 is 0 Å². The highest BCUT2D eigenvalue weighted by atomic mass is 35.5. The highest BCUT2D eigenvalue weighted by Crippen LogP contribution is 2.27. The van der Waals surface area contributed by atoms with Gasteiger partial charge in [0.05, 0.1) is 11.0 Å². The third-order valence-corrected chi connectivity index (χ3v) is 4.42. The van der Waals surface area contributed by atoms with Crippen LogP contribution in [-0.2, 0) is 13.5 Å². The molecule has 0 bridgehead atoms. The molecule has 21 heavy (non-hydrogen) atoms. The maximum atomic E-state index is 6.37. The van der Waals surface area contributed by atoms with Crippen molar-refractivity contribution in [1.29, 1.82) is 0 Å². The van der Waals surface area contributed by atoms with Crippen LogP contribution in [0.3, 0.4) is 0 Å². The van der Waals surface area contributed by atoms with Crippen molar-refractivity contribution in [2.75, 3.05) is 0 Å². The summed E-state index contributed by atoms with van der Waals surface area (Å²) in [4.78, 5) is 4.67. The second-order valence-corrected chi connectivity index (χ2v) is 5.74. The van der Waals surface area contributed by atoms with Crippen molar-refractivity contribution in [3.05, 3.63) is 64.4 Å². The lowest BCUT2D eigenvalue weighted by molar-refractivity contribution is 0.665. The number of hydrogen-bond acceptors (Lipinski definition) is 2. The molecule has 1 unspecified atom stereocenters. The largest absolute Gasteiger partial charge is 0.331 e. The summed E-state index contributed by atoms with van der Waals surface area (Å²) in [5, 5.41) is 0.753. The molecule has 0 aliphatic heterocycles. The molecule has 3 nitrogen and oxygen atoms in total. The molecule has 0 fully saturated rings. The van der Waals surface area contributed by atoms with Crippen LogP contribution in [0.15, 0.2) is 42.5 Å². The zero-order valence-electron chi connectivity index (χ0n) is 12.2. The standard InChI is InChI=1S/C17H18ClN3/c1-11-6-5-7-12(17(11)18)13(19)10-16-20-14-8-3-4-9-15(14)21(16)2/h3-9,13H,10,19H2,1-2H3. The van der Waals surface area contributed by atoms with E-state index in [1.165, 1.54) is 0 Å². The average Bonchev–Trinajstić information content (AvgIpc) is 2.79. The molecule has 3 aromatic rings. The minimum Gasteiger partial charge on any atom is -0.331 e. The van der Waals surface area contributed by atoms with Crippen molar-refractivity contribution >= 4 is 22.6 Å². The molecular formula is C17H18ClN3. The van der Waals surface area contributed by atoms with Crippen molar-refractivity contribution in [1.82, 2.24) is 9.55 Å². The highest BCUT2D eigenvalue weighted by molar-refractivity contribution is 6.32. The Hall–Kier alpha value is -1.84. The van der Waals surface area contributed by atoms with Gasteiger partial charge in [0.1, 0.15) is 5.82 Å². The molecule has 108 valence electrons. The fraction of sp³-hybridized carbons (Fsp3) is 0.235. The molecule has 3 rings (SSSR count). The van der Waals surface area contributed by atoms with E-state index in [4.69, 9.17) is 17.3 Å². The van der Waals surface area contributed by atoms with Gasteiger partial charge in [-0.2, -0.15) is 0 Å². The van der Waals surface area contributed by atoms with Gasteiger partial charge in [0.15, 0.2) is 0 Å². The predicted octanol–water partition coefficient (Wildman–Crippen LogP) is 3.78. The maximum Gasteiger partial charge on any atom is 0.111 e. The minimum absolute atomic E-state index is 0.159. The monoisotopic (exact) mass is 299 g/mol. The zero-order chi connectivity index (χ0) is 15.0. The van der Waals surface area contributed by atoms with E-state index in [0.717, 1.165) is 33.0 Å². The van der Waals surface area contributed by atoms with Crippen LogP contribution in [0.4, 0.5) is 0 Å². The maximum absolute atomic E-state index is 6.37. The molecule has 2 aromatic carbocycles. The lowest BCUT2D eigenvalue weighted by Crippen LogP contribution is -2.16. The molecule has 0 radical (unpaired) electrons. The lowest BCUT2D eigenvalue weighted by atomic mass is 10.0. The third-order valence-electron chi connectivity index (χ3n) is 3.90. The topological polar surface area (TPSA) is 43.8 Å². The second-order valence-electron chi connectivity index (χ2n) is 5.36. The van der Waals surface area contributed by atoms with Crippen molar-refractivity contribution in [3.8, 4) is 0 Å². The van der Waals surface area contributed by atoms with Crippen molar-refractivity contribution in [2.24, 2.45) is 12.8 Å². The van der Waals surface area contributed by atoms with Crippen LogP contribution in [0.2, 0.25) is 5.02 Å². The Morgan fingerprint density at radius 1 is 1.19 bits per heavy atom. The van der Waals surface area contributed by atoms with Gasteiger partial charge in [-0.25, -0.2) is 4.98 Å². The minimum atomic E-state index is -0.159. The first-order valence-electron chi connectivity index (χ1n) is 6.99. The molecule has 4 heteroatoms. The van der Waals surface area contributed by atoms with Crippen LogP contribution in [0.5, 0.6) is 0 Å². The predicted molar refractivity (Wildman–Crippen MR) is 87.5 cm³/mol. The van der Waals surface area contributed by atoms with Crippen LogP contribution in [0.25, 0.3) is 11.0 Å². The van der Waals surface area contributed by atoms with Gasteiger partial charge in [-0.15, -0.1) is 0 Å². The molecular weight excluding hydrogens is 282 g/mol. The number of hydrogen-bond donors (Lipinski definition) is 1. The molecule has 1 atom stereocenters. The van der Waals surface area contributed by atoms with Gasteiger partial charge in [0.25, 0.3) is 0 Å². The summed E-state index contributed by atoms with van der Waals surface area (Å²) < 4.78 is 2.10. The van der Waals surface area contributed by atoms with E-state index in [2.05, 4.69) is 15.6 Å².